The van der Waals surface area contributed by atoms with Gasteiger partial charge in [0.1, 0.15) is 0 Å². The highest BCUT2D eigenvalue weighted by Gasteiger charge is 2.61. The summed E-state index contributed by atoms with van der Waals surface area (Å²) >= 11 is 0. The van der Waals surface area contributed by atoms with Crippen molar-refractivity contribution in [3.05, 3.63) is 54.1 Å². The van der Waals surface area contributed by atoms with Crippen molar-refractivity contribution in [2.45, 2.75) is 26.2 Å². The molecule has 2 saturated carbocycles. The van der Waals surface area contributed by atoms with Crippen LogP contribution in [0.4, 0.5) is 17.1 Å². The molecule has 9 heteroatoms. The van der Waals surface area contributed by atoms with Gasteiger partial charge in [0, 0.05) is 18.3 Å². The van der Waals surface area contributed by atoms with Gasteiger partial charge < -0.3 is 15.4 Å². The molecule has 2 aromatic rings. The molecule has 1 aliphatic heterocycles. The van der Waals surface area contributed by atoms with Gasteiger partial charge in [-0.15, -0.1) is 0 Å². The standard InChI is InChI=1S/C26H25N3O6/c1-14(30)27-18-7-9-19(10-8-18)28-21(31)13-35-26(34)17-3-2-4-20(12-17)29-24(32)22-15-5-6-16(11-15)23(22)25(29)33/h2-4,7-10,12,15-16,22-23H,5-6,11,13H2,1H3,(H,27,30)(H,28,31)/t15-,16-,22+,23+/m0/s1. The molecule has 3 fully saturated rings. The topological polar surface area (TPSA) is 122 Å². The summed E-state index contributed by atoms with van der Waals surface area (Å²) in [6.45, 7) is 0.890. The second-order valence-electron chi connectivity index (χ2n) is 9.33. The number of hydrogen-bond donors (Lipinski definition) is 2. The molecule has 1 saturated heterocycles. The van der Waals surface area contributed by atoms with Crippen molar-refractivity contribution in [3.8, 4) is 0 Å². The minimum Gasteiger partial charge on any atom is -0.452 e. The molecule has 4 atom stereocenters. The van der Waals surface area contributed by atoms with Gasteiger partial charge >= 0.3 is 5.97 Å². The average molecular weight is 476 g/mol. The Balaban J connectivity index is 1.20. The van der Waals surface area contributed by atoms with Crippen molar-refractivity contribution >= 4 is 46.7 Å². The summed E-state index contributed by atoms with van der Waals surface area (Å²) in [5.74, 6) is -1.76. The van der Waals surface area contributed by atoms with Crippen LogP contribution in [0, 0.1) is 23.7 Å². The first-order valence-electron chi connectivity index (χ1n) is 11.6. The van der Waals surface area contributed by atoms with Gasteiger partial charge in [0.25, 0.3) is 5.91 Å². The number of amides is 4. The number of benzene rings is 2. The number of ether oxygens (including phenoxy) is 1. The van der Waals surface area contributed by atoms with Crippen molar-refractivity contribution < 1.29 is 28.7 Å². The molecular weight excluding hydrogens is 450 g/mol. The van der Waals surface area contributed by atoms with E-state index >= 15 is 0 Å². The third-order valence-corrected chi connectivity index (χ3v) is 7.09. The molecule has 2 aromatic carbocycles. The highest BCUT2D eigenvalue weighted by molar-refractivity contribution is 6.22. The Morgan fingerprint density at radius 3 is 2.11 bits per heavy atom. The van der Waals surface area contributed by atoms with Crippen molar-refractivity contribution in [3.63, 3.8) is 0 Å². The molecule has 1 heterocycles. The maximum absolute atomic E-state index is 13.0. The molecule has 5 rings (SSSR count). The molecule has 2 aliphatic carbocycles. The van der Waals surface area contributed by atoms with Gasteiger partial charge in [-0.25, -0.2) is 4.79 Å². The first kappa shape index (κ1) is 22.8. The van der Waals surface area contributed by atoms with Crippen LogP contribution in [-0.2, 0) is 23.9 Å². The Morgan fingerprint density at radius 1 is 0.914 bits per heavy atom. The van der Waals surface area contributed by atoms with Gasteiger partial charge in [0.2, 0.25) is 17.7 Å². The van der Waals surface area contributed by atoms with Crippen molar-refractivity contribution in [1.29, 1.82) is 0 Å². The molecule has 0 radical (unpaired) electrons. The molecule has 35 heavy (non-hydrogen) atoms. The lowest BCUT2D eigenvalue weighted by molar-refractivity contribution is -0.123. The molecule has 0 aromatic heterocycles. The summed E-state index contributed by atoms with van der Waals surface area (Å²) in [6, 6.07) is 12.7. The van der Waals surface area contributed by atoms with Crippen LogP contribution in [0.25, 0.3) is 0 Å². The Labute approximate surface area is 201 Å². The van der Waals surface area contributed by atoms with Gasteiger partial charge in [-0.05, 0) is 73.6 Å². The second kappa shape index (κ2) is 8.98. The average Bonchev–Trinajstić information content (AvgIpc) is 3.52. The number of fused-ring (bicyclic) bond motifs is 5. The van der Waals surface area contributed by atoms with Crippen LogP contribution >= 0.6 is 0 Å². The molecule has 0 unspecified atom stereocenters. The monoisotopic (exact) mass is 475 g/mol. The quantitative estimate of drug-likeness (QED) is 0.489. The zero-order chi connectivity index (χ0) is 24.7. The largest absolute Gasteiger partial charge is 0.452 e. The Morgan fingerprint density at radius 2 is 1.51 bits per heavy atom. The van der Waals surface area contributed by atoms with E-state index in [4.69, 9.17) is 4.74 Å². The van der Waals surface area contributed by atoms with Gasteiger partial charge in [0.05, 0.1) is 23.1 Å². The lowest BCUT2D eigenvalue weighted by Crippen LogP contribution is -2.32. The lowest BCUT2D eigenvalue weighted by atomic mass is 9.81. The number of rotatable bonds is 6. The summed E-state index contributed by atoms with van der Waals surface area (Å²) in [4.78, 5) is 63.1. The summed E-state index contributed by atoms with van der Waals surface area (Å²) < 4.78 is 5.13. The second-order valence-corrected chi connectivity index (χ2v) is 9.33. The SMILES string of the molecule is CC(=O)Nc1ccc(NC(=O)COC(=O)c2cccc(N3C(=O)[C@@H]4[C@H]5CC[C@@H](C5)[C@H]4C3=O)c2)cc1. The highest BCUT2D eigenvalue weighted by Crippen LogP contribution is 2.56. The predicted octanol–water partition coefficient (Wildman–Crippen LogP) is 2.98. The first-order chi connectivity index (χ1) is 16.8. The number of carbonyl (C=O) groups excluding carboxylic acids is 5. The van der Waals surface area contributed by atoms with Gasteiger partial charge in [-0.2, -0.15) is 0 Å². The molecule has 2 bridgehead atoms. The number of nitrogens with one attached hydrogen (secondary N) is 2. The van der Waals surface area contributed by atoms with E-state index in [0.29, 0.717) is 17.1 Å². The fourth-order valence-corrected chi connectivity index (χ4v) is 5.69. The summed E-state index contributed by atoms with van der Waals surface area (Å²) in [5, 5.41) is 5.23. The maximum Gasteiger partial charge on any atom is 0.338 e. The molecular formula is C26H25N3O6. The Kier molecular flexibility index (Phi) is 5.84. The van der Waals surface area contributed by atoms with E-state index in [1.807, 2.05) is 0 Å². The normalized spacial score (nSPS) is 24.3. The van der Waals surface area contributed by atoms with Crippen LogP contribution < -0.4 is 15.5 Å². The lowest BCUT2D eigenvalue weighted by Gasteiger charge is -2.19. The minimum absolute atomic E-state index is 0.149. The van der Waals surface area contributed by atoms with Crippen LogP contribution in [-0.4, -0.2) is 36.2 Å². The van der Waals surface area contributed by atoms with Crippen LogP contribution in [0.15, 0.2) is 48.5 Å². The van der Waals surface area contributed by atoms with Crippen molar-refractivity contribution in [2.24, 2.45) is 23.7 Å². The van der Waals surface area contributed by atoms with Gasteiger partial charge in [-0.3, -0.25) is 24.1 Å². The number of esters is 1. The third kappa shape index (κ3) is 4.29. The van der Waals surface area contributed by atoms with Gasteiger partial charge in [-0.1, -0.05) is 6.07 Å². The number of imide groups is 1. The van der Waals surface area contributed by atoms with Crippen LogP contribution in [0.5, 0.6) is 0 Å². The number of nitrogens with zero attached hydrogens (tertiary/aromatic N) is 1. The van der Waals surface area contributed by atoms with Crippen LogP contribution in [0.3, 0.4) is 0 Å². The predicted molar refractivity (Wildman–Crippen MR) is 126 cm³/mol. The van der Waals surface area contributed by atoms with Gasteiger partial charge in [0.15, 0.2) is 6.61 Å². The maximum atomic E-state index is 13.0. The van der Waals surface area contributed by atoms with E-state index in [1.165, 1.54) is 24.0 Å². The van der Waals surface area contributed by atoms with E-state index in [2.05, 4.69) is 10.6 Å². The molecule has 2 N–H and O–H groups in total. The molecule has 180 valence electrons. The first-order valence-corrected chi connectivity index (χ1v) is 11.6. The zero-order valence-electron chi connectivity index (χ0n) is 19.2. The van der Waals surface area contributed by atoms with Crippen molar-refractivity contribution in [2.75, 3.05) is 22.1 Å². The van der Waals surface area contributed by atoms with E-state index < -0.39 is 18.5 Å². The summed E-state index contributed by atoms with van der Waals surface area (Å²) in [5.41, 5.74) is 1.57. The van der Waals surface area contributed by atoms with E-state index in [-0.39, 0.29) is 47.0 Å². The molecule has 9 nitrogen and oxygen atoms in total. The number of hydrogen-bond acceptors (Lipinski definition) is 6. The zero-order valence-corrected chi connectivity index (χ0v) is 19.2. The van der Waals surface area contributed by atoms with Crippen LogP contribution in [0.2, 0.25) is 0 Å². The van der Waals surface area contributed by atoms with E-state index in [0.717, 1.165) is 19.3 Å². The fourth-order valence-electron chi connectivity index (χ4n) is 5.69. The summed E-state index contributed by atoms with van der Waals surface area (Å²) in [7, 11) is 0. The number of anilines is 3. The highest BCUT2D eigenvalue weighted by atomic mass is 16.5. The molecule has 0 spiro atoms. The fraction of sp³-hybridized carbons (Fsp3) is 0.346. The smallest absolute Gasteiger partial charge is 0.338 e. The van der Waals surface area contributed by atoms with E-state index in [1.54, 1.807) is 36.4 Å². The number of carbonyl (C=O) groups is 5. The Bertz CT molecular complexity index is 1200. The summed E-state index contributed by atoms with van der Waals surface area (Å²) in [6.07, 6.45) is 2.94. The van der Waals surface area contributed by atoms with Crippen molar-refractivity contribution in [1.82, 2.24) is 0 Å². The Hall–Kier alpha value is -4.01. The molecule has 4 amide bonds. The minimum atomic E-state index is -0.734. The third-order valence-electron chi connectivity index (χ3n) is 7.09. The van der Waals surface area contributed by atoms with Crippen LogP contribution in [0.1, 0.15) is 36.5 Å². The molecule has 3 aliphatic rings. The van der Waals surface area contributed by atoms with E-state index in [9.17, 15) is 24.0 Å².